The van der Waals surface area contributed by atoms with Crippen LogP contribution in [0.4, 0.5) is 16.2 Å². The van der Waals surface area contributed by atoms with E-state index in [2.05, 4.69) is 21.3 Å². The van der Waals surface area contributed by atoms with Gasteiger partial charge >= 0.3 is 6.03 Å². The van der Waals surface area contributed by atoms with Crippen LogP contribution in [0.1, 0.15) is 24.2 Å². The minimum atomic E-state index is -0.392. The molecule has 0 unspecified atom stereocenters. The molecule has 0 saturated heterocycles. The summed E-state index contributed by atoms with van der Waals surface area (Å²) in [6.45, 7) is 4.60. The zero-order valence-corrected chi connectivity index (χ0v) is 15.9. The standard InChI is InChI=1S/C20H24N4O4/c1-3-28-18-10-8-17(9-11-18)24-20(27)23-16-6-4-15(5-7-16)19(26)22-13-12-21-14(2)25/h4-11H,3,12-13H2,1-2H3,(H,21,25)(H,22,26)(H2,23,24,27). The van der Waals surface area contributed by atoms with E-state index in [1.165, 1.54) is 6.92 Å². The Hall–Kier alpha value is -3.55. The van der Waals surface area contributed by atoms with Crippen LogP contribution in [0.25, 0.3) is 0 Å². The molecule has 0 spiro atoms. The van der Waals surface area contributed by atoms with Crippen LogP contribution in [-0.4, -0.2) is 37.5 Å². The number of hydrogen-bond donors (Lipinski definition) is 4. The first-order valence-electron chi connectivity index (χ1n) is 8.91. The summed E-state index contributed by atoms with van der Waals surface area (Å²) in [5, 5.41) is 10.7. The van der Waals surface area contributed by atoms with E-state index in [-0.39, 0.29) is 11.8 Å². The lowest BCUT2D eigenvalue weighted by Crippen LogP contribution is -2.33. The molecule has 0 heterocycles. The molecule has 0 atom stereocenters. The molecule has 0 bridgehead atoms. The molecule has 0 aliphatic carbocycles. The van der Waals surface area contributed by atoms with E-state index in [0.717, 1.165) is 5.75 Å². The normalized spacial score (nSPS) is 9.93. The predicted octanol–water partition coefficient (Wildman–Crippen LogP) is 2.60. The number of carbonyl (C=O) groups is 3. The Balaban J connectivity index is 1.81. The Kier molecular flexibility index (Phi) is 7.83. The second-order valence-corrected chi connectivity index (χ2v) is 5.85. The average molecular weight is 384 g/mol. The van der Waals surface area contributed by atoms with Crippen molar-refractivity contribution in [3.8, 4) is 5.75 Å². The van der Waals surface area contributed by atoms with Gasteiger partial charge in [-0.3, -0.25) is 9.59 Å². The van der Waals surface area contributed by atoms with E-state index in [9.17, 15) is 14.4 Å². The van der Waals surface area contributed by atoms with Crippen molar-refractivity contribution in [3.05, 3.63) is 54.1 Å². The summed E-state index contributed by atoms with van der Waals surface area (Å²) >= 11 is 0. The molecule has 0 aromatic heterocycles. The highest BCUT2D eigenvalue weighted by Crippen LogP contribution is 2.16. The molecule has 0 aliphatic heterocycles. The quantitative estimate of drug-likeness (QED) is 0.525. The third-order valence-electron chi connectivity index (χ3n) is 3.61. The molecule has 28 heavy (non-hydrogen) atoms. The van der Waals surface area contributed by atoms with Gasteiger partial charge in [-0.2, -0.15) is 0 Å². The first-order chi connectivity index (χ1) is 13.5. The summed E-state index contributed by atoms with van der Waals surface area (Å²) in [5.41, 5.74) is 1.65. The molecule has 0 saturated carbocycles. The van der Waals surface area contributed by atoms with Crippen molar-refractivity contribution in [3.63, 3.8) is 0 Å². The highest BCUT2D eigenvalue weighted by molar-refractivity contribution is 6.00. The number of rotatable bonds is 8. The minimum absolute atomic E-state index is 0.145. The van der Waals surface area contributed by atoms with Crippen molar-refractivity contribution in [1.29, 1.82) is 0 Å². The topological polar surface area (TPSA) is 109 Å². The monoisotopic (exact) mass is 384 g/mol. The van der Waals surface area contributed by atoms with Crippen LogP contribution >= 0.6 is 0 Å². The number of hydrogen-bond acceptors (Lipinski definition) is 4. The average Bonchev–Trinajstić information content (AvgIpc) is 2.67. The van der Waals surface area contributed by atoms with Crippen LogP contribution in [0.2, 0.25) is 0 Å². The SMILES string of the molecule is CCOc1ccc(NC(=O)Nc2ccc(C(=O)NCCNC(C)=O)cc2)cc1. The highest BCUT2D eigenvalue weighted by Gasteiger charge is 2.07. The minimum Gasteiger partial charge on any atom is -0.494 e. The van der Waals surface area contributed by atoms with Gasteiger partial charge in [0.1, 0.15) is 5.75 Å². The second kappa shape index (κ2) is 10.6. The fourth-order valence-electron chi connectivity index (χ4n) is 2.32. The van der Waals surface area contributed by atoms with Crippen molar-refractivity contribution in [2.24, 2.45) is 0 Å². The molecule has 4 N–H and O–H groups in total. The van der Waals surface area contributed by atoms with Crippen LogP contribution in [0, 0.1) is 0 Å². The number of anilines is 2. The van der Waals surface area contributed by atoms with Crippen molar-refractivity contribution in [2.45, 2.75) is 13.8 Å². The predicted molar refractivity (Wildman–Crippen MR) is 108 cm³/mol. The zero-order valence-electron chi connectivity index (χ0n) is 15.9. The van der Waals surface area contributed by atoms with Crippen molar-refractivity contribution < 1.29 is 19.1 Å². The lowest BCUT2D eigenvalue weighted by molar-refractivity contribution is -0.118. The van der Waals surface area contributed by atoms with E-state index in [1.54, 1.807) is 48.5 Å². The molecule has 8 nitrogen and oxygen atoms in total. The molecule has 0 radical (unpaired) electrons. The van der Waals surface area contributed by atoms with Crippen molar-refractivity contribution >= 4 is 29.2 Å². The van der Waals surface area contributed by atoms with Crippen molar-refractivity contribution in [2.75, 3.05) is 30.3 Å². The van der Waals surface area contributed by atoms with Gasteiger partial charge in [0.25, 0.3) is 5.91 Å². The van der Waals surface area contributed by atoms with E-state index >= 15 is 0 Å². The van der Waals surface area contributed by atoms with Gasteiger partial charge in [-0.1, -0.05) is 0 Å². The maximum Gasteiger partial charge on any atom is 0.323 e. The van der Waals surface area contributed by atoms with Crippen molar-refractivity contribution in [1.82, 2.24) is 10.6 Å². The summed E-state index contributed by atoms with van der Waals surface area (Å²) in [6, 6.07) is 13.2. The van der Waals surface area contributed by atoms with Crippen LogP contribution in [0.5, 0.6) is 5.75 Å². The fourth-order valence-corrected chi connectivity index (χ4v) is 2.32. The van der Waals surface area contributed by atoms with Crippen LogP contribution in [0.15, 0.2) is 48.5 Å². The first-order valence-corrected chi connectivity index (χ1v) is 8.91. The van der Waals surface area contributed by atoms with Gasteiger partial charge in [-0.25, -0.2) is 4.79 Å². The zero-order chi connectivity index (χ0) is 20.4. The van der Waals surface area contributed by atoms with Gasteiger partial charge in [-0.15, -0.1) is 0 Å². The number of carbonyl (C=O) groups excluding carboxylic acids is 3. The lowest BCUT2D eigenvalue weighted by Gasteiger charge is -2.10. The van der Waals surface area contributed by atoms with Gasteiger partial charge < -0.3 is 26.0 Å². The van der Waals surface area contributed by atoms with Crippen LogP contribution < -0.4 is 26.0 Å². The Labute approximate surface area is 163 Å². The second-order valence-electron chi connectivity index (χ2n) is 5.85. The molecular weight excluding hydrogens is 360 g/mol. The molecule has 2 rings (SSSR count). The number of ether oxygens (including phenoxy) is 1. The van der Waals surface area contributed by atoms with Gasteiger partial charge in [0, 0.05) is 37.0 Å². The number of nitrogens with one attached hydrogen (secondary N) is 4. The largest absolute Gasteiger partial charge is 0.494 e. The molecular formula is C20H24N4O4. The first kappa shape index (κ1) is 20.8. The maximum absolute atomic E-state index is 12.1. The van der Waals surface area contributed by atoms with Crippen LogP contribution in [0.3, 0.4) is 0 Å². The Morgan fingerprint density at radius 2 is 1.36 bits per heavy atom. The van der Waals surface area contributed by atoms with Gasteiger partial charge in [0.15, 0.2) is 0 Å². The number of urea groups is 1. The molecule has 8 heteroatoms. The fraction of sp³-hybridized carbons (Fsp3) is 0.250. The third kappa shape index (κ3) is 6.99. The summed E-state index contributed by atoms with van der Waals surface area (Å²) in [7, 11) is 0. The van der Waals surface area contributed by atoms with E-state index < -0.39 is 6.03 Å². The summed E-state index contributed by atoms with van der Waals surface area (Å²) in [5.74, 6) is 0.336. The summed E-state index contributed by atoms with van der Waals surface area (Å²) < 4.78 is 5.35. The number of amides is 4. The number of benzene rings is 2. The maximum atomic E-state index is 12.1. The molecule has 148 valence electrons. The Morgan fingerprint density at radius 1 is 0.821 bits per heavy atom. The van der Waals surface area contributed by atoms with E-state index in [4.69, 9.17) is 4.74 Å². The summed E-state index contributed by atoms with van der Waals surface area (Å²) in [6.07, 6.45) is 0. The lowest BCUT2D eigenvalue weighted by atomic mass is 10.2. The highest BCUT2D eigenvalue weighted by atomic mass is 16.5. The Morgan fingerprint density at radius 3 is 1.89 bits per heavy atom. The van der Waals surface area contributed by atoms with Crippen LogP contribution in [-0.2, 0) is 4.79 Å². The molecule has 4 amide bonds. The van der Waals surface area contributed by atoms with E-state index in [1.807, 2.05) is 6.92 Å². The third-order valence-corrected chi connectivity index (χ3v) is 3.61. The van der Waals surface area contributed by atoms with Gasteiger partial charge in [-0.05, 0) is 55.5 Å². The van der Waals surface area contributed by atoms with Gasteiger partial charge in [0.2, 0.25) is 5.91 Å². The molecule has 2 aromatic carbocycles. The molecule has 0 aliphatic rings. The molecule has 0 fully saturated rings. The van der Waals surface area contributed by atoms with Gasteiger partial charge in [0.05, 0.1) is 6.61 Å². The smallest absolute Gasteiger partial charge is 0.323 e. The Bertz CT molecular complexity index is 804. The summed E-state index contributed by atoms with van der Waals surface area (Å²) in [4.78, 5) is 34.8. The molecule has 2 aromatic rings. The van der Waals surface area contributed by atoms with E-state index in [0.29, 0.717) is 36.6 Å².